The molecule has 0 aromatic carbocycles. The first-order valence-corrected chi connectivity index (χ1v) is 4.52. The normalized spacial score (nSPS) is 10.8. The van der Waals surface area contributed by atoms with Gasteiger partial charge in [0.15, 0.2) is 6.29 Å². The molecular weight excluding hydrogens is 212 g/mol. The number of hydrogen-bond donors (Lipinski definition) is 2. The van der Waals surface area contributed by atoms with Crippen molar-refractivity contribution < 1.29 is 19.4 Å². The van der Waals surface area contributed by atoms with Crippen molar-refractivity contribution in [2.75, 3.05) is 7.11 Å². The van der Waals surface area contributed by atoms with Crippen LogP contribution in [0.1, 0.15) is 12.0 Å². The molecule has 0 bridgehead atoms. The standard InChI is InChI=1S/C10H10N2O4/c1-15-8-4-6(2-3-11-8)9-12-7(5-16-9)10(13)14/h2-5,10,13-14H,1H3. The van der Waals surface area contributed by atoms with Crippen molar-refractivity contribution >= 4 is 0 Å². The first-order chi connectivity index (χ1) is 7.70. The lowest BCUT2D eigenvalue weighted by Gasteiger charge is -1.99. The lowest BCUT2D eigenvalue weighted by atomic mass is 10.2. The minimum Gasteiger partial charge on any atom is -0.481 e. The first kappa shape index (κ1) is 10.6. The minimum atomic E-state index is -1.64. The molecule has 0 amide bonds. The maximum Gasteiger partial charge on any atom is 0.226 e. The topological polar surface area (TPSA) is 88.6 Å². The van der Waals surface area contributed by atoms with Crippen LogP contribution in [0, 0.1) is 0 Å². The second-order valence-corrected chi connectivity index (χ2v) is 3.04. The van der Waals surface area contributed by atoms with E-state index >= 15 is 0 Å². The zero-order valence-electron chi connectivity index (χ0n) is 8.49. The van der Waals surface area contributed by atoms with E-state index in [1.165, 1.54) is 13.4 Å². The third-order valence-corrected chi connectivity index (χ3v) is 1.98. The molecule has 6 nitrogen and oxygen atoms in total. The quantitative estimate of drug-likeness (QED) is 0.744. The summed E-state index contributed by atoms with van der Waals surface area (Å²) >= 11 is 0. The summed E-state index contributed by atoms with van der Waals surface area (Å²) < 4.78 is 10.0. The molecule has 6 heteroatoms. The van der Waals surface area contributed by atoms with E-state index in [9.17, 15) is 0 Å². The van der Waals surface area contributed by atoms with Gasteiger partial charge in [0.05, 0.1) is 7.11 Å². The fourth-order valence-corrected chi connectivity index (χ4v) is 1.19. The summed E-state index contributed by atoms with van der Waals surface area (Å²) in [5, 5.41) is 17.8. The summed E-state index contributed by atoms with van der Waals surface area (Å²) in [6.45, 7) is 0. The maximum atomic E-state index is 8.88. The second-order valence-electron chi connectivity index (χ2n) is 3.04. The number of aromatic nitrogens is 2. The largest absolute Gasteiger partial charge is 0.481 e. The van der Waals surface area contributed by atoms with Crippen LogP contribution in [-0.4, -0.2) is 27.3 Å². The Morgan fingerprint density at radius 3 is 2.88 bits per heavy atom. The molecule has 0 saturated carbocycles. The summed E-state index contributed by atoms with van der Waals surface area (Å²) in [5.41, 5.74) is 0.713. The van der Waals surface area contributed by atoms with Gasteiger partial charge in [-0.25, -0.2) is 9.97 Å². The summed E-state index contributed by atoms with van der Waals surface area (Å²) in [6.07, 6.45) is 1.10. The highest BCUT2D eigenvalue weighted by Crippen LogP contribution is 2.22. The fourth-order valence-electron chi connectivity index (χ4n) is 1.19. The number of hydrogen-bond acceptors (Lipinski definition) is 6. The van der Waals surface area contributed by atoms with Crippen molar-refractivity contribution in [3.05, 3.63) is 30.3 Å². The molecule has 0 fully saturated rings. The Balaban J connectivity index is 2.34. The Bertz CT molecular complexity index is 481. The number of rotatable bonds is 3. The van der Waals surface area contributed by atoms with Crippen LogP contribution in [-0.2, 0) is 0 Å². The highest BCUT2D eigenvalue weighted by molar-refractivity contribution is 5.54. The SMILES string of the molecule is COc1cc(-c2nc(C(O)O)co2)ccn1. The van der Waals surface area contributed by atoms with Gasteiger partial charge in [-0.05, 0) is 6.07 Å². The molecule has 0 radical (unpaired) electrons. The Labute approximate surface area is 91.2 Å². The van der Waals surface area contributed by atoms with E-state index in [-0.39, 0.29) is 11.6 Å². The van der Waals surface area contributed by atoms with Gasteiger partial charge in [-0.15, -0.1) is 0 Å². The molecule has 2 heterocycles. The molecule has 0 unspecified atom stereocenters. The monoisotopic (exact) mass is 222 g/mol. The lowest BCUT2D eigenvalue weighted by Crippen LogP contribution is -1.94. The molecule has 84 valence electrons. The molecular formula is C10H10N2O4. The molecule has 16 heavy (non-hydrogen) atoms. The van der Waals surface area contributed by atoms with Gasteiger partial charge < -0.3 is 19.4 Å². The third kappa shape index (κ3) is 2.02. The van der Waals surface area contributed by atoms with Gasteiger partial charge in [0.25, 0.3) is 0 Å². The highest BCUT2D eigenvalue weighted by atomic mass is 16.5. The van der Waals surface area contributed by atoms with Crippen molar-refractivity contribution in [2.45, 2.75) is 6.29 Å². The van der Waals surface area contributed by atoms with Crippen LogP contribution < -0.4 is 4.74 Å². The van der Waals surface area contributed by atoms with Gasteiger partial charge in [0.1, 0.15) is 12.0 Å². The lowest BCUT2D eigenvalue weighted by molar-refractivity contribution is -0.0458. The van der Waals surface area contributed by atoms with Crippen LogP contribution in [0.15, 0.2) is 29.0 Å². The number of pyridine rings is 1. The molecule has 0 atom stereocenters. The summed E-state index contributed by atoms with van der Waals surface area (Å²) in [5.74, 6) is 0.714. The van der Waals surface area contributed by atoms with Crippen LogP contribution in [0.5, 0.6) is 5.88 Å². The Morgan fingerprint density at radius 1 is 1.44 bits per heavy atom. The molecule has 0 aliphatic rings. The molecule has 2 rings (SSSR count). The Hall–Kier alpha value is -1.92. The minimum absolute atomic E-state index is 0.0609. The second kappa shape index (κ2) is 4.30. The van der Waals surface area contributed by atoms with Gasteiger partial charge in [0, 0.05) is 17.8 Å². The maximum absolute atomic E-state index is 8.88. The Morgan fingerprint density at radius 2 is 2.25 bits per heavy atom. The van der Waals surface area contributed by atoms with Crippen LogP contribution in [0.3, 0.4) is 0 Å². The number of nitrogens with zero attached hydrogens (tertiary/aromatic N) is 2. The zero-order chi connectivity index (χ0) is 11.5. The highest BCUT2D eigenvalue weighted by Gasteiger charge is 2.12. The van der Waals surface area contributed by atoms with E-state index in [1.54, 1.807) is 18.3 Å². The van der Waals surface area contributed by atoms with Crippen LogP contribution in [0.2, 0.25) is 0 Å². The van der Waals surface area contributed by atoms with Crippen molar-refractivity contribution in [3.63, 3.8) is 0 Å². The van der Waals surface area contributed by atoms with Crippen LogP contribution in [0.4, 0.5) is 0 Å². The summed E-state index contributed by atoms with van der Waals surface area (Å²) in [4.78, 5) is 7.84. The smallest absolute Gasteiger partial charge is 0.226 e. The number of ether oxygens (including phenoxy) is 1. The number of aliphatic hydroxyl groups is 2. The van der Waals surface area contributed by atoms with Gasteiger partial charge in [-0.1, -0.05) is 0 Å². The molecule has 2 aromatic rings. The van der Waals surface area contributed by atoms with E-state index in [0.29, 0.717) is 11.4 Å². The van der Waals surface area contributed by atoms with E-state index < -0.39 is 6.29 Å². The molecule has 2 N–H and O–H groups in total. The molecule has 0 spiro atoms. The fraction of sp³-hybridized carbons (Fsp3) is 0.200. The zero-order valence-corrected chi connectivity index (χ0v) is 8.49. The Kier molecular flexibility index (Phi) is 2.84. The molecule has 2 aromatic heterocycles. The number of methoxy groups -OCH3 is 1. The van der Waals surface area contributed by atoms with Crippen LogP contribution in [0.25, 0.3) is 11.5 Å². The molecule has 0 saturated heterocycles. The van der Waals surface area contributed by atoms with Gasteiger partial charge >= 0.3 is 0 Å². The summed E-state index contributed by atoms with van der Waals surface area (Å²) in [6, 6.07) is 3.32. The van der Waals surface area contributed by atoms with E-state index in [2.05, 4.69) is 9.97 Å². The van der Waals surface area contributed by atoms with E-state index in [4.69, 9.17) is 19.4 Å². The van der Waals surface area contributed by atoms with Crippen molar-refractivity contribution in [3.8, 4) is 17.3 Å². The van der Waals surface area contributed by atoms with Crippen molar-refractivity contribution in [1.29, 1.82) is 0 Å². The first-order valence-electron chi connectivity index (χ1n) is 4.52. The predicted molar refractivity (Wildman–Crippen MR) is 53.5 cm³/mol. The average molecular weight is 222 g/mol. The van der Waals surface area contributed by atoms with Gasteiger partial charge in [-0.3, -0.25) is 0 Å². The average Bonchev–Trinajstić information content (AvgIpc) is 2.78. The van der Waals surface area contributed by atoms with E-state index in [1.807, 2.05) is 0 Å². The van der Waals surface area contributed by atoms with Crippen molar-refractivity contribution in [1.82, 2.24) is 9.97 Å². The number of aliphatic hydroxyl groups excluding tert-OH is 1. The van der Waals surface area contributed by atoms with Gasteiger partial charge in [0.2, 0.25) is 11.8 Å². The van der Waals surface area contributed by atoms with E-state index in [0.717, 1.165) is 0 Å². The number of oxazole rings is 1. The van der Waals surface area contributed by atoms with Crippen LogP contribution >= 0.6 is 0 Å². The van der Waals surface area contributed by atoms with Gasteiger partial charge in [-0.2, -0.15) is 0 Å². The molecule has 0 aliphatic heterocycles. The molecule has 0 aliphatic carbocycles. The summed E-state index contributed by atoms with van der Waals surface area (Å²) in [7, 11) is 1.50. The predicted octanol–water partition coefficient (Wildman–Crippen LogP) is 0.728. The van der Waals surface area contributed by atoms with Crippen molar-refractivity contribution in [2.24, 2.45) is 0 Å². The third-order valence-electron chi connectivity index (χ3n) is 1.98.